The second-order valence-electron chi connectivity index (χ2n) is 6.76. The van der Waals surface area contributed by atoms with E-state index in [1.807, 2.05) is 4.68 Å². The molecule has 3 rings (SSSR count). The summed E-state index contributed by atoms with van der Waals surface area (Å²) in [5.74, 6) is 0.681. The Bertz CT molecular complexity index is 686. The molecule has 0 radical (unpaired) electrons. The van der Waals surface area contributed by atoms with E-state index in [0.29, 0.717) is 17.0 Å². The van der Waals surface area contributed by atoms with Crippen molar-refractivity contribution in [2.75, 3.05) is 18.0 Å². The first-order chi connectivity index (χ1) is 9.97. The molecule has 0 saturated carbocycles. The van der Waals surface area contributed by atoms with Crippen molar-refractivity contribution in [2.45, 2.75) is 52.0 Å². The van der Waals surface area contributed by atoms with Crippen LogP contribution in [0.25, 0.3) is 11.0 Å². The number of H-pyrrole nitrogens is 1. The third-order valence-corrected chi connectivity index (χ3v) is 3.97. The van der Waals surface area contributed by atoms with Crippen molar-refractivity contribution >= 4 is 17.0 Å². The molecule has 0 aromatic carbocycles. The zero-order chi connectivity index (χ0) is 15.0. The summed E-state index contributed by atoms with van der Waals surface area (Å²) in [5, 5.41) is 4.91. The van der Waals surface area contributed by atoms with Crippen molar-refractivity contribution in [3.63, 3.8) is 0 Å². The van der Waals surface area contributed by atoms with Gasteiger partial charge in [-0.15, -0.1) is 0 Å². The number of rotatable bonds is 1. The van der Waals surface area contributed by atoms with Gasteiger partial charge in [-0.3, -0.25) is 9.78 Å². The van der Waals surface area contributed by atoms with Crippen molar-refractivity contribution < 1.29 is 0 Å². The predicted octanol–water partition coefficient (Wildman–Crippen LogP) is 2.25. The molecular weight excluding hydrogens is 266 g/mol. The van der Waals surface area contributed by atoms with Crippen LogP contribution in [-0.4, -0.2) is 32.8 Å². The Kier molecular flexibility index (Phi) is 3.47. The van der Waals surface area contributed by atoms with E-state index in [1.54, 1.807) is 6.20 Å². The monoisotopic (exact) mass is 289 g/mol. The highest BCUT2D eigenvalue weighted by Gasteiger charge is 2.21. The molecule has 0 atom stereocenters. The SMILES string of the molecule is CC(C)(C)n1ncc2c(=O)[nH]c(N3CCCCCC3)nc21. The number of anilines is 1. The minimum atomic E-state index is -0.196. The van der Waals surface area contributed by atoms with Crippen molar-refractivity contribution in [1.29, 1.82) is 0 Å². The van der Waals surface area contributed by atoms with Crippen molar-refractivity contribution in [3.05, 3.63) is 16.6 Å². The molecule has 1 N–H and O–H groups in total. The first kappa shape index (κ1) is 14.1. The number of nitrogens with zero attached hydrogens (tertiary/aromatic N) is 4. The normalized spacial score (nSPS) is 17.2. The summed E-state index contributed by atoms with van der Waals surface area (Å²) < 4.78 is 1.83. The molecule has 2 aromatic heterocycles. The smallest absolute Gasteiger partial charge is 0.263 e. The van der Waals surface area contributed by atoms with Crippen LogP contribution in [0.3, 0.4) is 0 Å². The van der Waals surface area contributed by atoms with Gasteiger partial charge < -0.3 is 4.90 Å². The summed E-state index contributed by atoms with van der Waals surface area (Å²) in [6, 6.07) is 0. The first-order valence-electron chi connectivity index (χ1n) is 7.70. The number of fused-ring (bicyclic) bond motifs is 1. The number of aromatic nitrogens is 4. The second kappa shape index (κ2) is 5.16. The van der Waals surface area contributed by atoms with Crippen LogP contribution in [0.1, 0.15) is 46.5 Å². The van der Waals surface area contributed by atoms with Gasteiger partial charge in [0.25, 0.3) is 5.56 Å². The molecule has 0 aliphatic carbocycles. The molecule has 0 amide bonds. The average molecular weight is 289 g/mol. The van der Waals surface area contributed by atoms with E-state index in [-0.39, 0.29) is 11.1 Å². The van der Waals surface area contributed by atoms with Gasteiger partial charge in [0.05, 0.1) is 11.7 Å². The maximum absolute atomic E-state index is 12.3. The summed E-state index contributed by atoms with van der Waals surface area (Å²) >= 11 is 0. The Morgan fingerprint density at radius 2 is 1.81 bits per heavy atom. The molecule has 0 bridgehead atoms. The number of hydrogen-bond acceptors (Lipinski definition) is 4. The molecule has 1 fully saturated rings. The molecular formula is C15H23N5O. The lowest BCUT2D eigenvalue weighted by Gasteiger charge is -2.22. The van der Waals surface area contributed by atoms with Gasteiger partial charge in [-0.25, -0.2) is 4.68 Å². The van der Waals surface area contributed by atoms with Gasteiger partial charge in [0.1, 0.15) is 5.39 Å². The Labute approximate surface area is 124 Å². The molecule has 2 aromatic rings. The quantitative estimate of drug-likeness (QED) is 0.874. The van der Waals surface area contributed by atoms with Crippen molar-refractivity contribution in [2.24, 2.45) is 0 Å². The van der Waals surface area contributed by atoms with Crippen molar-refractivity contribution in [1.82, 2.24) is 19.7 Å². The van der Waals surface area contributed by atoms with Gasteiger partial charge in [0, 0.05) is 13.1 Å². The minimum Gasteiger partial charge on any atom is -0.342 e. The Morgan fingerprint density at radius 1 is 1.14 bits per heavy atom. The van der Waals surface area contributed by atoms with Crippen molar-refractivity contribution in [3.8, 4) is 0 Å². The van der Waals surface area contributed by atoms with Crippen LogP contribution in [0.5, 0.6) is 0 Å². The summed E-state index contributed by atoms with van der Waals surface area (Å²) in [4.78, 5) is 22.1. The molecule has 0 unspecified atom stereocenters. The molecule has 1 aliphatic rings. The summed E-state index contributed by atoms with van der Waals surface area (Å²) in [6.45, 7) is 8.10. The van der Waals surface area contributed by atoms with Crippen LogP contribution < -0.4 is 10.5 Å². The zero-order valence-electron chi connectivity index (χ0n) is 13.0. The van der Waals surface area contributed by atoms with E-state index >= 15 is 0 Å². The average Bonchev–Trinajstić information content (AvgIpc) is 2.67. The van der Waals surface area contributed by atoms with Crippen LogP contribution in [0.15, 0.2) is 11.0 Å². The lowest BCUT2D eigenvalue weighted by molar-refractivity contribution is 0.366. The fourth-order valence-electron chi connectivity index (χ4n) is 2.83. The lowest BCUT2D eigenvalue weighted by Crippen LogP contribution is -2.29. The van der Waals surface area contributed by atoms with Crippen LogP contribution in [0.2, 0.25) is 0 Å². The summed E-state index contributed by atoms with van der Waals surface area (Å²) in [6.07, 6.45) is 6.42. The maximum Gasteiger partial charge on any atom is 0.263 e. The van der Waals surface area contributed by atoms with Crippen LogP contribution in [-0.2, 0) is 5.54 Å². The first-order valence-corrected chi connectivity index (χ1v) is 7.70. The topological polar surface area (TPSA) is 66.8 Å². The van der Waals surface area contributed by atoms with Gasteiger partial charge in [-0.1, -0.05) is 12.8 Å². The minimum absolute atomic E-state index is 0.102. The highest BCUT2D eigenvalue weighted by molar-refractivity contribution is 5.74. The van der Waals surface area contributed by atoms with Crippen LogP contribution in [0, 0.1) is 0 Å². The fourth-order valence-corrected chi connectivity index (χ4v) is 2.83. The largest absolute Gasteiger partial charge is 0.342 e. The number of aromatic amines is 1. The molecule has 21 heavy (non-hydrogen) atoms. The van der Waals surface area contributed by atoms with E-state index < -0.39 is 0 Å². The van der Waals surface area contributed by atoms with Gasteiger partial charge in [-0.2, -0.15) is 10.1 Å². The third-order valence-electron chi connectivity index (χ3n) is 3.97. The molecule has 3 heterocycles. The van der Waals surface area contributed by atoms with E-state index in [0.717, 1.165) is 25.9 Å². The molecule has 1 aliphatic heterocycles. The van der Waals surface area contributed by atoms with Gasteiger partial charge in [0.15, 0.2) is 5.65 Å². The summed E-state index contributed by atoms with van der Waals surface area (Å²) in [7, 11) is 0. The van der Waals surface area contributed by atoms with E-state index in [1.165, 1.54) is 12.8 Å². The molecule has 1 saturated heterocycles. The second-order valence-corrected chi connectivity index (χ2v) is 6.76. The zero-order valence-corrected chi connectivity index (χ0v) is 13.0. The molecule has 114 valence electrons. The Morgan fingerprint density at radius 3 is 2.43 bits per heavy atom. The fraction of sp³-hybridized carbons (Fsp3) is 0.667. The summed E-state index contributed by atoms with van der Waals surface area (Å²) in [5.41, 5.74) is 0.374. The lowest BCUT2D eigenvalue weighted by atomic mass is 10.1. The van der Waals surface area contributed by atoms with Crippen LogP contribution >= 0.6 is 0 Å². The Balaban J connectivity index is 2.10. The predicted molar refractivity (Wildman–Crippen MR) is 83.8 cm³/mol. The van der Waals surface area contributed by atoms with E-state index in [4.69, 9.17) is 4.98 Å². The van der Waals surface area contributed by atoms with Crippen LogP contribution in [0.4, 0.5) is 5.95 Å². The van der Waals surface area contributed by atoms with E-state index in [2.05, 4.69) is 35.8 Å². The van der Waals surface area contributed by atoms with Gasteiger partial charge in [-0.05, 0) is 33.6 Å². The number of nitrogens with one attached hydrogen (secondary N) is 1. The Hall–Kier alpha value is -1.85. The highest BCUT2D eigenvalue weighted by atomic mass is 16.1. The standard InChI is InChI=1S/C15H23N5O/c1-15(2,3)20-12-11(10-16-20)13(21)18-14(17-12)19-8-6-4-5-7-9-19/h10H,4-9H2,1-3H3,(H,17,18,21). The van der Waals surface area contributed by atoms with E-state index in [9.17, 15) is 4.79 Å². The molecule has 0 spiro atoms. The highest BCUT2D eigenvalue weighted by Crippen LogP contribution is 2.21. The van der Waals surface area contributed by atoms with Gasteiger partial charge >= 0.3 is 0 Å². The molecule has 6 heteroatoms. The maximum atomic E-state index is 12.3. The third kappa shape index (κ3) is 2.66. The van der Waals surface area contributed by atoms with Gasteiger partial charge in [0.2, 0.25) is 5.95 Å². The number of hydrogen-bond donors (Lipinski definition) is 1. The molecule has 6 nitrogen and oxygen atoms in total.